The number of piperidine rings is 1. The summed E-state index contributed by atoms with van der Waals surface area (Å²) in [4.78, 5) is 37.7. The number of aryl methyl sites for hydroxylation is 2. The van der Waals surface area contributed by atoms with Crippen LogP contribution in [-0.4, -0.2) is 40.7 Å². The van der Waals surface area contributed by atoms with Crippen molar-refractivity contribution in [3.05, 3.63) is 46.8 Å². The largest absolute Gasteiger partial charge is 0.359 e. The Morgan fingerprint density at radius 1 is 1.08 bits per heavy atom. The van der Waals surface area contributed by atoms with Gasteiger partial charge in [0.25, 0.3) is 11.8 Å². The molecule has 1 fully saturated rings. The van der Waals surface area contributed by atoms with Crippen LogP contribution >= 0.6 is 0 Å². The summed E-state index contributed by atoms with van der Waals surface area (Å²) >= 11 is 0. The van der Waals surface area contributed by atoms with Crippen LogP contribution in [-0.2, 0) is 4.79 Å². The first kappa shape index (κ1) is 16.9. The second kappa shape index (κ2) is 6.88. The van der Waals surface area contributed by atoms with Crippen LogP contribution in [0.5, 0.6) is 0 Å². The van der Waals surface area contributed by atoms with Crippen LogP contribution in [0.25, 0.3) is 0 Å². The van der Waals surface area contributed by atoms with Crippen LogP contribution in [0.2, 0.25) is 0 Å². The Morgan fingerprint density at radius 2 is 1.68 bits per heavy atom. The number of aromatic nitrogens is 1. The monoisotopic (exact) mass is 341 g/mol. The molecule has 0 aliphatic carbocycles. The van der Waals surface area contributed by atoms with Crippen LogP contribution in [0, 0.1) is 13.8 Å². The molecule has 1 aromatic heterocycles. The number of rotatable bonds is 3. The number of Topliss-reactive ketones (excluding diaryl/α,β-unsaturated/α-hetero) is 1. The smallest absolute Gasteiger partial charge is 0.255 e. The lowest BCUT2D eigenvalue weighted by atomic mass is 10.1. The van der Waals surface area contributed by atoms with Gasteiger partial charge in [0.1, 0.15) is 17.2 Å². The van der Waals surface area contributed by atoms with Crippen molar-refractivity contribution in [2.75, 3.05) is 18.4 Å². The first-order chi connectivity index (χ1) is 12.0. The lowest BCUT2D eigenvalue weighted by Gasteiger charge is -2.26. The van der Waals surface area contributed by atoms with E-state index in [2.05, 4.69) is 10.5 Å². The summed E-state index contributed by atoms with van der Waals surface area (Å²) in [6, 6.07) is 6.47. The molecule has 2 aromatic rings. The number of ketones is 1. The number of nitrogens with zero attached hydrogens (tertiary/aromatic N) is 2. The molecule has 1 saturated heterocycles. The number of nitrogens with one attached hydrogen (secondary N) is 1. The summed E-state index contributed by atoms with van der Waals surface area (Å²) < 4.78 is 5.02. The molecule has 1 N–H and O–H groups in total. The molecular formula is C18H19N3O4. The average molecular weight is 341 g/mol. The second-order valence-corrected chi connectivity index (χ2v) is 6.06. The van der Waals surface area contributed by atoms with E-state index in [1.165, 1.54) is 0 Å². The normalized spacial score (nSPS) is 14.5. The molecule has 7 nitrogen and oxygen atoms in total. The Bertz CT molecular complexity index is 794. The third-order valence-corrected chi connectivity index (χ3v) is 4.27. The van der Waals surface area contributed by atoms with E-state index in [1.54, 1.807) is 43.0 Å². The lowest BCUT2D eigenvalue weighted by Crippen LogP contribution is -2.38. The molecule has 0 radical (unpaired) electrons. The van der Waals surface area contributed by atoms with E-state index in [4.69, 9.17) is 4.52 Å². The van der Waals surface area contributed by atoms with Gasteiger partial charge in [-0.3, -0.25) is 14.4 Å². The molecule has 7 heteroatoms. The summed E-state index contributed by atoms with van der Waals surface area (Å²) in [6.07, 6.45) is 0.813. The maximum absolute atomic E-state index is 12.4. The summed E-state index contributed by atoms with van der Waals surface area (Å²) in [7, 11) is 0. The second-order valence-electron chi connectivity index (χ2n) is 6.06. The van der Waals surface area contributed by atoms with Crippen molar-refractivity contribution in [1.29, 1.82) is 0 Å². The fraction of sp³-hybridized carbons (Fsp3) is 0.333. The van der Waals surface area contributed by atoms with E-state index in [1.807, 2.05) is 0 Å². The third kappa shape index (κ3) is 3.60. The standard InChI is InChI=1S/C18H19N3O4/c1-11-16(12(2)25-20-11)19-17(23)13-3-5-14(6-4-13)18(24)21-9-7-15(22)8-10-21/h3-6H,7-10H2,1-2H3,(H,19,23). The molecule has 1 aliphatic heterocycles. The van der Waals surface area contributed by atoms with E-state index in [0.717, 1.165) is 0 Å². The number of carbonyl (C=O) groups is 3. The van der Waals surface area contributed by atoms with E-state index in [9.17, 15) is 14.4 Å². The number of amides is 2. The van der Waals surface area contributed by atoms with Crippen LogP contribution in [0.1, 0.15) is 45.0 Å². The molecule has 0 atom stereocenters. The van der Waals surface area contributed by atoms with Gasteiger partial charge in [0.05, 0.1) is 0 Å². The highest BCUT2D eigenvalue weighted by Crippen LogP contribution is 2.20. The minimum Gasteiger partial charge on any atom is -0.359 e. The molecule has 130 valence electrons. The Morgan fingerprint density at radius 3 is 2.24 bits per heavy atom. The fourth-order valence-electron chi connectivity index (χ4n) is 2.75. The third-order valence-electron chi connectivity index (χ3n) is 4.27. The zero-order valence-corrected chi connectivity index (χ0v) is 14.2. The number of likely N-dealkylation sites (tertiary alicyclic amines) is 1. The van der Waals surface area contributed by atoms with Gasteiger partial charge in [0.15, 0.2) is 5.76 Å². The van der Waals surface area contributed by atoms with Gasteiger partial charge < -0.3 is 14.7 Å². The summed E-state index contributed by atoms with van der Waals surface area (Å²) in [5, 5.41) is 6.56. The molecule has 0 saturated carbocycles. The highest BCUT2D eigenvalue weighted by atomic mass is 16.5. The molecule has 1 aliphatic rings. The number of anilines is 1. The highest BCUT2D eigenvalue weighted by molar-refractivity contribution is 6.05. The Hall–Kier alpha value is -2.96. The quantitative estimate of drug-likeness (QED) is 0.925. The first-order valence-electron chi connectivity index (χ1n) is 8.11. The minimum atomic E-state index is -0.294. The first-order valence-corrected chi connectivity index (χ1v) is 8.11. The molecule has 0 bridgehead atoms. The number of hydrogen-bond donors (Lipinski definition) is 1. The minimum absolute atomic E-state index is 0.120. The molecular weight excluding hydrogens is 322 g/mol. The van der Waals surface area contributed by atoms with Gasteiger partial charge in [0, 0.05) is 37.1 Å². The topological polar surface area (TPSA) is 92.5 Å². The summed E-state index contributed by atoms with van der Waals surface area (Å²) in [5.74, 6) is 0.315. The Labute approximate surface area is 145 Å². The van der Waals surface area contributed by atoms with Crippen LogP contribution < -0.4 is 5.32 Å². The molecule has 2 amide bonds. The van der Waals surface area contributed by atoms with Gasteiger partial charge in [-0.25, -0.2) is 0 Å². The molecule has 25 heavy (non-hydrogen) atoms. The van der Waals surface area contributed by atoms with Crippen LogP contribution in [0.4, 0.5) is 5.69 Å². The maximum Gasteiger partial charge on any atom is 0.255 e. The molecule has 3 rings (SSSR count). The summed E-state index contributed by atoms with van der Waals surface area (Å²) in [6.45, 7) is 4.37. The number of hydrogen-bond acceptors (Lipinski definition) is 5. The van der Waals surface area contributed by atoms with Crippen molar-refractivity contribution < 1.29 is 18.9 Å². The van der Waals surface area contributed by atoms with E-state index < -0.39 is 0 Å². The van der Waals surface area contributed by atoms with Crippen LogP contribution in [0.3, 0.4) is 0 Å². The predicted octanol–water partition coefficient (Wildman–Crippen LogP) is 2.35. The fourth-order valence-corrected chi connectivity index (χ4v) is 2.75. The zero-order valence-electron chi connectivity index (χ0n) is 14.2. The molecule has 0 spiro atoms. The lowest BCUT2D eigenvalue weighted by molar-refractivity contribution is -0.120. The van der Waals surface area contributed by atoms with Crippen molar-refractivity contribution >= 4 is 23.3 Å². The number of carbonyl (C=O) groups excluding carboxylic acids is 3. The van der Waals surface area contributed by atoms with Gasteiger partial charge in [-0.05, 0) is 38.1 Å². The Kier molecular flexibility index (Phi) is 4.65. The average Bonchev–Trinajstić information content (AvgIpc) is 2.94. The van der Waals surface area contributed by atoms with Crippen molar-refractivity contribution in [3.8, 4) is 0 Å². The van der Waals surface area contributed by atoms with Gasteiger partial charge >= 0.3 is 0 Å². The maximum atomic E-state index is 12.4. The SMILES string of the molecule is Cc1noc(C)c1NC(=O)c1ccc(C(=O)N2CCC(=O)CC2)cc1. The van der Waals surface area contributed by atoms with Crippen LogP contribution in [0.15, 0.2) is 28.8 Å². The van der Waals surface area contributed by atoms with E-state index >= 15 is 0 Å². The van der Waals surface area contributed by atoms with Crippen molar-refractivity contribution in [2.45, 2.75) is 26.7 Å². The van der Waals surface area contributed by atoms with Gasteiger partial charge in [-0.15, -0.1) is 0 Å². The number of benzene rings is 1. The van der Waals surface area contributed by atoms with Gasteiger partial charge in [-0.1, -0.05) is 5.16 Å². The highest BCUT2D eigenvalue weighted by Gasteiger charge is 2.22. The van der Waals surface area contributed by atoms with E-state index in [-0.39, 0.29) is 17.6 Å². The van der Waals surface area contributed by atoms with Crippen molar-refractivity contribution in [1.82, 2.24) is 10.1 Å². The molecule has 2 heterocycles. The van der Waals surface area contributed by atoms with Gasteiger partial charge in [0.2, 0.25) is 0 Å². The Balaban J connectivity index is 1.68. The van der Waals surface area contributed by atoms with Crippen molar-refractivity contribution in [3.63, 3.8) is 0 Å². The van der Waals surface area contributed by atoms with E-state index in [0.29, 0.717) is 54.2 Å². The van der Waals surface area contributed by atoms with Gasteiger partial charge in [-0.2, -0.15) is 0 Å². The molecule has 0 unspecified atom stereocenters. The predicted molar refractivity (Wildman–Crippen MR) is 90.5 cm³/mol. The zero-order chi connectivity index (χ0) is 18.0. The summed E-state index contributed by atoms with van der Waals surface area (Å²) in [5.41, 5.74) is 2.11. The van der Waals surface area contributed by atoms with Crippen molar-refractivity contribution in [2.24, 2.45) is 0 Å². The molecule has 1 aromatic carbocycles.